The van der Waals surface area contributed by atoms with Crippen LogP contribution in [0.4, 0.5) is 14.4 Å². The Morgan fingerprint density at radius 2 is 0.912 bits per heavy atom. The van der Waals surface area contributed by atoms with Crippen LogP contribution in [-0.2, 0) is 18.9 Å². The summed E-state index contributed by atoms with van der Waals surface area (Å²) in [4.78, 5) is 33.1. The average Bonchev–Trinajstić information content (AvgIpc) is 2.47. The maximum atomic E-state index is 11.1. The number of carbonyl (C=O) groups excluding carboxylic acids is 3. The lowest BCUT2D eigenvalue weighted by Gasteiger charge is -2.23. The molecule has 0 aromatic heterocycles. The van der Waals surface area contributed by atoms with E-state index in [4.69, 9.17) is 31.4 Å². The molecule has 0 atom stereocenters. The monoisotopic (exact) mass is 494 g/mol. The van der Waals surface area contributed by atoms with Gasteiger partial charge in [0.1, 0.15) is 16.8 Å². The van der Waals surface area contributed by atoms with Crippen molar-refractivity contribution in [1.29, 1.82) is 0 Å². The number of rotatable bonds is 3. The summed E-state index contributed by atoms with van der Waals surface area (Å²) >= 11 is 0. The van der Waals surface area contributed by atoms with Gasteiger partial charge in [-0.25, -0.2) is 14.4 Å². The van der Waals surface area contributed by atoms with Crippen LogP contribution in [-0.4, -0.2) is 59.4 Å². The van der Waals surface area contributed by atoms with Gasteiger partial charge in [-0.2, -0.15) is 0 Å². The minimum atomic E-state index is -1.06. The minimum Gasteiger partial charge on any atom is -0.444 e. The molecular weight excluding hydrogens is 444 g/mol. The fraction of sp³-hybridized carbons (Fsp3) is 0.870. The maximum Gasteiger partial charge on any atom is 0.519 e. The molecule has 0 aromatic carbocycles. The fourth-order valence-electron chi connectivity index (χ4n) is 1.22. The van der Waals surface area contributed by atoms with Gasteiger partial charge in [-0.3, -0.25) is 0 Å². The van der Waals surface area contributed by atoms with Gasteiger partial charge in [-0.05, 0) is 90.0 Å². The molecule has 204 valence electrons. The van der Waals surface area contributed by atoms with Crippen molar-refractivity contribution in [2.75, 3.05) is 13.1 Å². The molecule has 0 aliphatic rings. The molecule has 0 rings (SSSR count). The normalized spacial score (nSPS) is 12.1. The molecule has 7 N–H and O–H groups in total. The van der Waals surface area contributed by atoms with E-state index in [1.807, 2.05) is 48.5 Å². The first-order valence-corrected chi connectivity index (χ1v) is 11.0. The van der Waals surface area contributed by atoms with Crippen molar-refractivity contribution >= 4 is 18.4 Å². The van der Waals surface area contributed by atoms with Crippen molar-refractivity contribution < 1.29 is 33.3 Å². The molecule has 0 radical (unpaired) electrons. The Kier molecular flexibility index (Phi) is 15.4. The number of hydrogen-bond donors (Lipinski definition) is 4. The van der Waals surface area contributed by atoms with Crippen molar-refractivity contribution in [3.8, 4) is 0 Å². The molecule has 34 heavy (non-hydrogen) atoms. The third-order valence-corrected chi connectivity index (χ3v) is 2.56. The predicted molar refractivity (Wildman–Crippen MR) is 133 cm³/mol. The van der Waals surface area contributed by atoms with Gasteiger partial charge in [-0.1, -0.05) is 0 Å². The van der Waals surface area contributed by atoms with E-state index >= 15 is 0 Å². The SMILES string of the molecule is CC(C)(C)OC(=O)OC(=O)OC(C)(C)C.CC(C)(N)CN.CC(C)(N)CNC(=O)OC(C)(C)C. The molecule has 0 aromatic rings. The van der Waals surface area contributed by atoms with Crippen molar-refractivity contribution in [3.63, 3.8) is 0 Å². The molecule has 0 unspecified atom stereocenters. The largest absolute Gasteiger partial charge is 0.519 e. The summed E-state index contributed by atoms with van der Waals surface area (Å²) in [7, 11) is 0. The first kappa shape index (κ1) is 36.5. The van der Waals surface area contributed by atoms with E-state index in [-0.39, 0.29) is 5.54 Å². The second-order valence-corrected chi connectivity index (χ2v) is 12.1. The molecule has 0 aliphatic heterocycles. The number of nitrogens with one attached hydrogen (secondary N) is 1. The van der Waals surface area contributed by atoms with E-state index in [0.717, 1.165) is 0 Å². The molecule has 0 heterocycles. The lowest BCUT2D eigenvalue weighted by molar-refractivity contribution is -0.0294. The highest BCUT2D eigenvalue weighted by atomic mass is 16.8. The third-order valence-electron chi connectivity index (χ3n) is 2.56. The Morgan fingerprint density at radius 1 is 0.618 bits per heavy atom. The van der Waals surface area contributed by atoms with Crippen LogP contribution in [0, 0.1) is 0 Å². The predicted octanol–water partition coefficient (Wildman–Crippen LogP) is 3.80. The van der Waals surface area contributed by atoms with Crippen LogP contribution in [0.1, 0.15) is 90.0 Å². The second-order valence-electron chi connectivity index (χ2n) is 12.1. The quantitative estimate of drug-likeness (QED) is 0.256. The molecule has 0 saturated carbocycles. The summed E-state index contributed by atoms with van der Waals surface area (Å²) in [6.07, 6.45) is -2.54. The summed E-state index contributed by atoms with van der Waals surface area (Å²) in [5.41, 5.74) is 13.8. The van der Waals surface area contributed by atoms with E-state index in [0.29, 0.717) is 13.1 Å². The van der Waals surface area contributed by atoms with Gasteiger partial charge >= 0.3 is 18.4 Å². The van der Waals surface area contributed by atoms with Gasteiger partial charge in [0.25, 0.3) is 0 Å². The molecular formula is C23H50N4O7. The maximum absolute atomic E-state index is 11.1. The van der Waals surface area contributed by atoms with Crippen LogP contribution < -0.4 is 22.5 Å². The zero-order valence-corrected chi connectivity index (χ0v) is 23.5. The summed E-state index contributed by atoms with van der Waals surface area (Å²) in [5, 5.41) is 2.59. The Morgan fingerprint density at radius 3 is 1.12 bits per heavy atom. The molecule has 0 aliphatic carbocycles. The summed E-state index contributed by atoms with van der Waals surface area (Å²) < 4.78 is 18.8. The Balaban J connectivity index is -0.000000461. The summed E-state index contributed by atoms with van der Waals surface area (Å²) in [6, 6.07) is 0. The van der Waals surface area contributed by atoms with Crippen LogP contribution in [0.3, 0.4) is 0 Å². The van der Waals surface area contributed by atoms with Crippen LogP contribution in [0.15, 0.2) is 0 Å². The number of alkyl carbamates (subject to hydrolysis) is 1. The zero-order valence-electron chi connectivity index (χ0n) is 23.5. The summed E-state index contributed by atoms with van der Waals surface area (Å²) in [6.45, 7) is 23.9. The number of hydrogen-bond acceptors (Lipinski definition) is 10. The average molecular weight is 495 g/mol. The Labute approximate surface area is 205 Å². The highest BCUT2D eigenvalue weighted by molar-refractivity contribution is 5.77. The van der Waals surface area contributed by atoms with Crippen LogP contribution in [0.2, 0.25) is 0 Å². The topological polar surface area (TPSA) is 178 Å². The third kappa shape index (κ3) is 37.2. The molecule has 11 heteroatoms. The van der Waals surface area contributed by atoms with Crippen molar-refractivity contribution in [2.24, 2.45) is 17.2 Å². The Hall–Kier alpha value is -2.11. The molecule has 0 saturated heterocycles. The lowest BCUT2D eigenvalue weighted by atomic mass is 10.1. The van der Waals surface area contributed by atoms with Gasteiger partial charge in [0.05, 0.1) is 0 Å². The zero-order chi connectivity index (χ0) is 28.2. The fourth-order valence-corrected chi connectivity index (χ4v) is 1.22. The van der Waals surface area contributed by atoms with Gasteiger partial charge in [0.15, 0.2) is 0 Å². The highest BCUT2D eigenvalue weighted by Crippen LogP contribution is 2.11. The first-order chi connectivity index (χ1) is 14.7. The van der Waals surface area contributed by atoms with Crippen LogP contribution in [0.25, 0.3) is 0 Å². The minimum absolute atomic E-state index is 0.181. The van der Waals surface area contributed by atoms with E-state index in [9.17, 15) is 14.4 Å². The highest BCUT2D eigenvalue weighted by Gasteiger charge is 2.24. The number of nitrogens with two attached hydrogens (primary N) is 3. The van der Waals surface area contributed by atoms with Crippen molar-refractivity contribution in [3.05, 3.63) is 0 Å². The van der Waals surface area contributed by atoms with Crippen LogP contribution >= 0.6 is 0 Å². The number of amides is 1. The molecule has 11 nitrogen and oxygen atoms in total. The van der Waals surface area contributed by atoms with Crippen LogP contribution in [0.5, 0.6) is 0 Å². The van der Waals surface area contributed by atoms with E-state index in [1.54, 1.807) is 41.5 Å². The Bertz CT molecular complexity index is 592. The van der Waals surface area contributed by atoms with Gasteiger partial charge in [0.2, 0.25) is 0 Å². The molecule has 0 spiro atoms. The van der Waals surface area contributed by atoms with Crippen molar-refractivity contribution in [1.82, 2.24) is 5.32 Å². The van der Waals surface area contributed by atoms with Gasteiger partial charge in [-0.15, -0.1) is 0 Å². The van der Waals surface area contributed by atoms with Crippen molar-refractivity contribution in [2.45, 2.75) is 118 Å². The number of ether oxygens (including phenoxy) is 4. The molecule has 0 fully saturated rings. The van der Waals surface area contributed by atoms with Gasteiger partial charge in [0, 0.05) is 24.2 Å². The van der Waals surface area contributed by atoms with Gasteiger partial charge < -0.3 is 41.5 Å². The summed E-state index contributed by atoms with van der Waals surface area (Å²) in [5.74, 6) is 0. The molecule has 0 bridgehead atoms. The second kappa shape index (κ2) is 14.3. The van der Waals surface area contributed by atoms with E-state index in [2.05, 4.69) is 10.1 Å². The smallest absolute Gasteiger partial charge is 0.444 e. The standard InChI is InChI=1S/C10H18O5.C9H20N2O2.C4H12N2/c1-9(2,3)14-7(11)13-8(12)15-10(4,5)6;1-8(2,3)13-7(12)11-6-9(4,5)10;1-4(2,6)3-5/h1-6H3;6,10H2,1-5H3,(H,11,12);3,5-6H2,1-2H3. The first-order valence-electron chi connectivity index (χ1n) is 11.0. The van der Waals surface area contributed by atoms with E-state index < -0.39 is 40.7 Å². The number of carbonyl (C=O) groups is 3. The lowest BCUT2D eigenvalue weighted by Crippen LogP contribution is -2.46. The molecule has 1 amide bonds. The van der Waals surface area contributed by atoms with E-state index in [1.165, 1.54) is 0 Å².